The van der Waals surface area contributed by atoms with Crippen molar-refractivity contribution in [3.8, 4) is 0 Å². The maximum Gasteiger partial charge on any atom is 0.315 e. The van der Waals surface area contributed by atoms with E-state index in [2.05, 4.69) is 31.4 Å². The van der Waals surface area contributed by atoms with Gasteiger partial charge >= 0.3 is 6.03 Å². The van der Waals surface area contributed by atoms with Crippen molar-refractivity contribution in [3.05, 3.63) is 0 Å². The van der Waals surface area contributed by atoms with E-state index in [0.29, 0.717) is 12.0 Å². The van der Waals surface area contributed by atoms with Crippen molar-refractivity contribution in [3.63, 3.8) is 0 Å². The molecule has 1 aliphatic rings. The van der Waals surface area contributed by atoms with Crippen molar-refractivity contribution in [2.24, 2.45) is 11.8 Å². The summed E-state index contributed by atoms with van der Waals surface area (Å²) in [6, 6.07) is 0.385. The third-order valence-corrected chi connectivity index (χ3v) is 3.60. The van der Waals surface area contributed by atoms with E-state index in [1.165, 1.54) is 6.42 Å². The van der Waals surface area contributed by atoms with Crippen LogP contribution in [0.2, 0.25) is 0 Å². The number of rotatable bonds is 4. The lowest BCUT2D eigenvalue weighted by Gasteiger charge is -2.19. The Bertz CT molecular complexity index is 206. The van der Waals surface area contributed by atoms with E-state index in [-0.39, 0.29) is 6.03 Å². The van der Waals surface area contributed by atoms with Crippen LogP contribution in [0.5, 0.6) is 0 Å². The molecule has 0 bridgehead atoms. The van der Waals surface area contributed by atoms with Gasteiger partial charge in [-0.15, -0.1) is 0 Å². The van der Waals surface area contributed by atoms with Crippen molar-refractivity contribution >= 4 is 6.03 Å². The van der Waals surface area contributed by atoms with Gasteiger partial charge in [0.05, 0.1) is 0 Å². The normalized spacial score (nSPS) is 30.2. The summed E-state index contributed by atoms with van der Waals surface area (Å²) < 4.78 is 0. The van der Waals surface area contributed by atoms with E-state index >= 15 is 0 Å². The number of amides is 2. The Morgan fingerprint density at radius 3 is 2.60 bits per heavy atom. The summed E-state index contributed by atoms with van der Waals surface area (Å²) in [4.78, 5) is 11.5. The monoisotopic (exact) mass is 212 g/mol. The van der Waals surface area contributed by atoms with Crippen LogP contribution in [0.3, 0.4) is 0 Å². The molecule has 88 valence electrons. The lowest BCUT2D eigenvalue weighted by molar-refractivity contribution is 0.232. The van der Waals surface area contributed by atoms with Crippen molar-refractivity contribution < 1.29 is 4.79 Å². The van der Waals surface area contributed by atoms with Crippen LogP contribution < -0.4 is 10.6 Å². The molecule has 0 saturated heterocycles. The highest BCUT2D eigenvalue weighted by atomic mass is 16.2. The van der Waals surface area contributed by atoms with Gasteiger partial charge < -0.3 is 10.6 Å². The highest BCUT2D eigenvalue weighted by Crippen LogP contribution is 2.30. The van der Waals surface area contributed by atoms with Crippen molar-refractivity contribution in [2.75, 3.05) is 6.54 Å². The molecule has 1 aliphatic carbocycles. The Hall–Kier alpha value is -0.730. The Morgan fingerprint density at radius 1 is 1.33 bits per heavy atom. The van der Waals surface area contributed by atoms with Gasteiger partial charge in [0.1, 0.15) is 0 Å². The molecular formula is C12H24N2O. The first kappa shape index (κ1) is 12.3. The smallest absolute Gasteiger partial charge is 0.315 e. The molecule has 2 amide bonds. The van der Waals surface area contributed by atoms with Crippen LogP contribution in [0.25, 0.3) is 0 Å². The van der Waals surface area contributed by atoms with Gasteiger partial charge in [0.25, 0.3) is 0 Å². The zero-order chi connectivity index (χ0) is 11.3. The minimum atomic E-state index is 0.00870. The Balaban J connectivity index is 2.20. The second-order valence-corrected chi connectivity index (χ2v) is 4.77. The summed E-state index contributed by atoms with van der Waals surface area (Å²) in [6.45, 7) is 7.41. The van der Waals surface area contributed by atoms with Crippen LogP contribution in [0, 0.1) is 11.8 Å². The van der Waals surface area contributed by atoms with E-state index in [1.54, 1.807) is 0 Å². The molecule has 1 rings (SSSR count). The minimum Gasteiger partial charge on any atom is -0.338 e. The highest BCUT2D eigenvalue weighted by Gasteiger charge is 2.30. The van der Waals surface area contributed by atoms with Crippen LogP contribution in [0.4, 0.5) is 4.79 Å². The van der Waals surface area contributed by atoms with Crippen molar-refractivity contribution in [2.45, 2.75) is 52.5 Å². The maximum atomic E-state index is 11.5. The number of unbranched alkanes of at least 4 members (excludes halogenated alkanes) is 1. The third kappa shape index (κ3) is 3.73. The molecule has 1 saturated carbocycles. The Morgan fingerprint density at radius 2 is 2.07 bits per heavy atom. The van der Waals surface area contributed by atoms with E-state index in [0.717, 1.165) is 31.7 Å². The van der Waals surface area contributed by atoms with Gasteiger partial charge in [-0.1, -0.05) is 27.2 Å². The standard InChI is InChI=1S/C12H24N2O/c1-4-5-8-13-12(15)14-11-7-6-9(2)10(11)3/h9-11H,4-8H2,1-3H3,(H2,13,14,15). The highest BCUT2D eigenvalue weighted by molar-refractivity contribution is 5.74. The number of hydrogen-bond donors (Lipinski definition) is 2. The molecule has 3 atom stereocenters. The molecule has 0 aliphatic heterocycles. The van der Waals surface area contributed by atoms with Gasteiger partial charge in [-0.25, -0.2) is 4.79 Å². The van der Waals surface area contributed by atoms with E-state index in [4.69, 9.17) is 0 Å². The predicted molar refractivity (Wildman–Crippen MR) is 62.8 cm³/mol. The van der Waals surface area contributed by atoms with E-state index < -0.39 is 0 Å². The average molecular weight is 212 g/mol. The largest absolute Gasteiger partial charge is 0.338 e. The molecule has 0 radical (unpaired) electrons. The Labute approximate surface area is 93.0 Å². The number of urea groups is 1. The summed E-state index contributed by atoms with van der Waals surface area (Å²) in [5.41, 5.74) is 0. The fourth-order valence-corrected chi connectivity index (χ4v) is 2.17. The zero-order valence-electron chi connectivity index (χ0n) is 10.2. The first-order chi connectivity index (χ1) is 7.15. The molecule has 0 aromatic rings. The molecule has 3 heteroatoms. The zero-order valence-corrected chi connectivity index (χ0v) is 10.2. The third-order valence-electron chi connectivity index (χ3n) is 3.60. The summed E-state index contributed by atoms with van der Waals surface area (Å²) in [5, 5.41) is 5.96. The van der Waals surface area contributed by atoms with Gasteiger partial charge in [-0.3, -0.25) is 0 Å². The molecule has 3 unspecified atom stereocenters. The minimum absolute atomic E-state index is 0.00870. The summed E-state index contributed by atoms with van der Waals surface area (Å²) >= 11 is 0. The van der Waals surface area contributed by atoms with Crippen LogP contribution in [-0.2, 0) is 0 Å². The Kier molecular flexibility index (Phi) is 4.92. The van der Waals surface area contributed by atoms with Gasteiger partial charge in [0.15, 0.2) is 0 Å². The van der Waals surface area contributed by atoms with Crippen molar-refractivity contribution in [1.82, 2.24) is 10.6 Å². The van der Waals surface area contributed by atoms with E-state index in [9.17, 15) is 4.79 Å². The SMILES string of the molecule is CCCCNC(=O)NC1CCC(C)C1C. The molecule has 2 N–H and O–H groups in total. The first-order valence-electron chi connectivity index (χ1n) is 6.19. The van der Waals surface area contributed by atoms with E-state index in [1.807, 2.05) is 0 Å². The van der Waals surface area contributed by atoms with Gasteiger partial charge in [-0.05, 0) is 31.1 Å². The summed E-state index contributed by atoms with van der Waals surface area (Å²) in [6.07, 6.45) is 4.55. The lowest BCUT2D eigenvalue weighted by atomic mass is 9.98. The number of carbonyl (C=O) groups is 1. The quantitative estimate of drug-likeness (QED) is 0.691. The second kappa shape index (κ2) is 5.99. The first-order valence-corrected chi connectivity index (χ1v) is 6.19. The van der Waals surface area contributed by atoms with Crippen LogP contribution in [0.15, 0.2) is 0 Å². The molecule has 0 heterocycles. The van der Waals surface area contributed by atoms with Crippen LogP contribution in [-0.4, -0.2) is 18.6 Å². The number of nitrogens with one attached hydrogen (secondary N) is 2. The molecule has 15 heavy (non-hydrogen) atoms. The van der Waals surface area contributed by atoms with Crippen molar-refractivity contribution in [1.29, 1.82) is 0 Å². The predicted octanol–water partition coefficient (Wildman–Crippen LogP) is 2.52. The van der Waals surface area contributed by atoms with Crippen LogP contribution in [0.1, 0.15) is 46.5 Å². The topological polar surface area (TPSA) is 41.1 Å². The molecule has 3 nitrogen and oxygen atoms in total. The second-order valence-electron chi connectivity index (χ2n) is 4.77. The van der Waals surface area contributed by atoms with Gasteiger partial charge in [-0.2, -0.15) is 0 Å². The molecule has 0 spiro atoms. The average Bonchev–Trinajstić information content (AvgIpc) is 2.50. The molecular weight excluding hydrogens is 188 g/mol. The molecule has 1 fully saturated rings. The molecule has 0 aromatic carbocycles. The summed E-state index contributed by atoms with van der Waals surface area (Å²) in [5.74, 6) is 1.35. The fourth-order valence-electron chi connectivity index (χ4n) is 2.17. The van der Waals surface area contributed by atoms with Gasteiger partial charge in [0, 0.05) is 12.6 Å². The fraction of sp³-hybridized carbons (Fsp3) is 0.917. The number of carbonyl (C=O) groups excluding carboxylic acids is 1. The van der Waals surface area contributed by atoms with Crippen LogP contribution >= 0.6 is 0 Å². The summed E-state index contributed by atoms with van der Waals surface area (Å²) in [7, 11) is 0. The number of hydrogen-bond acceptors (Lipinski definition) is 1. The molecule has 0 aromatic heterocycles. The maximum absolute atomic E-state index is 11.5. The lowest BCUT2D eigenvalue weighted by Crippen LogP contribution is -2.43. The van der Waals surface area contributed by atoms with Gasteiger partial charge in [0.2, 0.25) is 0 Å².